The summed E-state index contributed by atoms with van der Waals surface area (Å²) in [7, 11) is 0. The van der Waals surface area contributed by atoms with Gasteiger partial charge in [-0.25, -0.2) is 0 Å². The Bertz CT molecular complexity index is 341. The van der Waals surface area contributed by atoms with Gasteiger partial charge < -0.3 is 28.8 Å². The van der Waals surface area contributed by atoms with Crippen LogP contribution in [0.25, 0.3) is 0 Å². The molecule has 3 saturated heterocycles. The minimum absolute atomic E-state index is 0.248. The molecule has 0 bridgehead atoms. The van der Waals surface area contributed by atoms with Crippen molar-refractivity contribution in [2.24, 2.45) is 5.92 Å². The van der Waals surface area contributed by atoms with Crippen LogP contribution in [0.5, 0.6) is 0 Å². The first-order valence-corrected chi connectivity index (χ1v) is 6.28. The molecule has 0 aromatic heterocycles. The molecular formula is C12H20O6. The number of aliphatic hydroxyl groups is 1. The molecule has 6 heteroatoms. The smallest absolute Gasteiger partial charge is 0.190 e. The van der Waals surface area contributed by atoms with Gasteiger partial charge in [-0.15, -0.1) is 0 Å². The fraction of sp³-hybridized carbons (Fsp3) is 1.00. The quantitative estimate of drug-likeness (QED) is 0.744. The Morgan fingerprint density at radius 2 is 1.72 bits per heavy atom. The summed E-state index contributed by atoms with van der Waals surface area (Å²) in [6, 6.07) is 0. The SMILES string of the molecule is CC1(C)O[C@@H]2O[C@@H](O)[C@H]([C@@H]3COC(C)(C)O3)[C@@H]2O1. The number of hydrogen-bond donors (Lipinski definition) is 1. The zero-order valence-corrected chi connectivity index (χ0v) is 11.1. The number of hydrogen-bond acceptors (Lipinski definition) is 6. The van der Waals surface area contributed by atoms with E-state index in [-0.39, 0.29) is 18.1 Å². The van der Waals surface area contributed by atoms with Crippen molar-refractivity contribution >= 4 is 0 Å². The van der Waals surface area contributed by atoms with E-state index < -0.39 is 24.2 Å². The highest BCUT2D eigenvalue weighted by molar-refractivity contribution is 4.94. The van der Waals surface area contributed by atoms with E-state index in [9.17, 15) is 5.11 Å². The van der Waals surface area contributed by atoms with Crippen LogP contribution in [0, 0.1) is 5.92 Å². The Morgan fingerprint density at radius 3 is 2.33 bits per heavy atom. The highest BCUT2D eigenvalue weighted by atomic mass is 16.9. The third-order valence-electron chi connectivity index (χ3n) is 3.53. The van der Waals surface area contributed by atoms with E-state index in [2.05, 4.69) is 0 Å². The molecule has 3 heterocycles. The summed E-state index contributed by atoms with van der Waals surface area (Å²) in [5, 5.41) is 9.98. The normalized spacial score (nSPS) is 49.5. The van der Waals surface area contributed by atoms with Crippen molar-refractivity contribution in [1.29, 1.82) is 0 Å². The number of fused-ring (bicyclic) bond motifs is 1. The molecule has 6 nitrogen and oxygen atoms in total. The maximum atomic E-state index is 9.98. The minimum Gasteiger partial charge on any atom is -0.367 e. The van der Waals surface area contributed by atoms with Crippen molar-refractivity contribution in [3.05, 3.63) is 0 Å². The highest BCUT2D eigenvalue weighted by Crippen LogP contribution is 2.43. The standard InChI is InChI=1S/C12H20O6/c1-11(2)14-5-6(16-11)7-8-10(15-9(7)13)18-12(3,4)17-8/h6-10,13H,5H2,1-4H3/t6-,7+,8-,9+,10-/m0/s1. The molecule has 0 amide bonds. The lowest BCUT2D eigenvalue weighted by Gasteiger charge is -2.27. The third-order valence-corrected chi connectivity index (χ3v) is 3.53. The number of aliphatic hydroxyl groups excluding tert-OH is 1. The Balaban J connectivity index is 1.76. The first kappa shape index (κ1) is 12.8. The van der Waals surface area contributed by atoms with Gasteiger partial charge in [0, 0.05) is 0 Å². The molecule has 0 aromatic carbocycles. The molecule has 3 aliphatic heterocycles. The Kier molecular flexibility index (Phi) is 2.75. The van der Waals surface area contributed by atoms with E-state index in [1.807, 2.05) is 27.7 Å². The molecule has 3 aliphatic rings. The van der Waals surface area contributed by atoms with E-state index in [1.54, 1.807) is 0 Å². The molecule has 0 unspecified atom stereocenters. The molecule has 104 valence electrons. The Morgan fingerprint density at radius 1 is 1.00 bits per heavy atom. The predicted octanol–water partition coefficient (Wildman–Crippen LogP) is 0.580. The molecule has 0 saturated carbocycles. The molecule has 3 rings (SSSR count). The average molecular weight is 260 g/mol. The van der Waals surface area contributed by atoms with Crippen molar-refractivity contribution in [2.45, 2.75) is 64.1 Å². The van der Waals surface area contributed by atoms with Crippen LogP contribution in [-0.4, -0.2) is 48.1 Å². The summed E-state index contributed by atoms with van der Waals surface area (Å²) >= 11 is 0. The van der Waals surface area contributed by atoms with Crippen LogP contribution in [0.1, 0.15) is 27.7 Å². The van der Waals surface area contributed by atoms with Gasteiger partial charge in [0.15, 0.2) is 24.2 Å². The maximum Gasteiger partial charge on any atom is 0.190 e. The zero-order valence-electron chi connectivity index (χ0n) is 11.1. The van der Waals surface area contributed by atoms with Crippen LogP contribution in [0.2, 0.25) is 0 Å². The number of ether oxygens (including phenoxy) is 5. The summed E-state index contributed by atoms with van der Waals surface area (Å²) in [5.41, 5.74) is 0. The molecule has 0 radical (unpaired) electrons. The monoisotopic (exact) mass is 260 g/mol. The van der Waals surface area contributed by atoms with Crippen LogP contribution in [0.15, 0.2) is 0 Å². The van der Waals surface area contributed by atoms with Crippen LogP contribution in [-0.2, 0) is 23.7 Å². The third kappa shape index (κ3) is 2.07. The molecule has 0 spiro atoms. The first-order valence-electron chi connectivity index (χ1n) is 6.28. The second-order valence-corrected chi connectivity index (χ2v) is 5.94. The molecule has 5 atom stereocenters. The number of rotatable bonds is 1. The van der Waals surface area contributed by atoms with Gasteiger partial charge in [0.05, 0.1) is 18.6 Å². The van der Waals surface area contributed by atoms with Crippen molar-refractivity contribution < 1.29 is 28.8 Å². The van der Waals surface area contributed by atoms with Gasteiger partial charge in [-0.1, -0.05) is 0 Å². The summed E-state index contributed by atoms with van der Waals surface area (Å²) in [5.74, 6) is -1.61. The summed E-state index contributed by atoms with van der Waals surface area (Å²) < 4.78 is 28.1. The van der Waals surface area contributed by atoms with E-state index in [0.29, 0.717) is 6.61 Å². The van der Waals surface area contributed by atoms with E-state index in [4.69, 9.17) is 23.7 Å². The van der Waals surface area contributed by atoms with Crippen molar-refractivity contribution in [2.75, 3.05) is 6.61 Å². The van der Waals surface area contributed by atoms with Gasteiger partial charge in [-0.2, -0.15) is 0 Å². The minimum atomic E-state index is -0.946. The second-order valence-electron chi connectivity index (χ2n) is 5.94. The first-order chi connectivity index (χ1) is 8.27. The van der Waals surface area contributed by atoms with Crippen LogP contribution < -0.4 is 0 Å². The molecule has 1 N–H and O–H groups in total. The van der Waals surface area contributed by atoms with E-state index in [0.717, 1.165) is 0 Å². The molecular weight excluding hydrogens is 240 g/mol. The lowest BCUT2D eigenvalue weighted by molar-refractivity contribution is -0.250. The summed E-state index contributed by atoms with van der Waals surface area (Å²) in [4.78, 5) is 0. The lowest BCUT2D eigenvalue weighted by Crippen LogP contribution is -2.40. The van der Waals surface area contributed by atoms with Crippen LogP contribution in [0.3, 0.4) is 0 Å². The topological polar surface area (TPSA) is 66.4 Å². The van der Waals surface area contributed by atoms with Crippen molar-refractivity contribution in [1.82, 2.24) is 0 Å². The summed E-state index contributed by atoms with van der Waals surface area (Å²) in [6.07, 6.45) is -2.05. The van der Waals surface area contributed by atoms with Crippen molar-refractivity contribution in [3.63, 3.8) is 0 Å². The van der Waals surface area contributed by atoms with E-state index in [1.165, 1.54) is 0 Å². The molecule has 0 aromatic rings. The molecule has 0 aliphatic carbocycles. The summed E-state index contributed by atoms with van der Waals surface area (Å²) in [6.45, 7) is 7.78. The predicted molar refractivity (Wildman–Crippen MR) is 59.3 cm³/mol. The fourth-order valence-corrected chi connectivity index (χ4v) is 2.81. The van der Waals surface area contributed by atoms with Gasteiger partial charge >= 0.3 is 0 Å². The Labute approximate surface area is 106 Å². The molecule has 3 fully saturated rings. The van der Waals surface area contributed by atoms with Gasteiger partial charge in [-0.3, -0.25) is 0 Å². The van der Waals surface area contributed by atoms with Gasteiger partial charge in [0.25, 0.3) is 0 Å². The van der Waals surface area contributed by atoms with Crippen LogP contribution in [0.4, 0.5) is 0 Å². The average Bonchev–Trinajstić information content (AvgIpc) is 2.75. The van der Waals surface area contributed by atoms with Gasteiger partial charge in [-0.05, 0) is 27.7 Å². The largest absolute Gasteiger partial charge is 0.367 e. The van der Waals surface area contributed by atoms with Gasteiger partial charge in [0.2, 0.25) is 0 Å². The van der Waals surface area contributed by atoms with Gasteiger partial charge in [0.1, 0.15) is 6.10 Å². The van der Waals surface area contributed by atoms with E-state index >= 15 is 0 Å². The highest BCUT2D eigenvalue weighted by Gasteiger charge is 2.58. The Hall–Kier alpha value is -0.240. The van der Waals surface area contributed by atoms with Crippen molar-refractivity contribution in [3.8, 4) is 0 Å². The zero-order chi connectivity index (χ0) is 13.1. The maximum absolute atomic E-state index is 9.98. The van der Waals surface area contributed by atoms with Crippen LogP contribution >= 0.6 is 0 Å². The second kappa shape index (κ2) is 3.88. The lowest BCUT2D eigenvalue weighted by atomic mass is 9.97. The molecule has 18 heavy (non-hydrogen) atoms. The fourth-order valence-electron chi connectivity index (χ4n) is 2.81.